The van der Waals surface area contributed by atoms with Gasteiger partial charge in [0.1, 0.15) is 10.8 Å². The Morgan fingerprint density at radius 1 is 1.21 bits per heavy atom. The van der Waals surface area contributed by atoms with Crippen molar-refractivity contribution in [2.45, 2.75) is 20.3 Å². The van der Waals surface area contributed by atoms with E-state index in [4.69, 9.17) is 21.1 Å². The van der Waals surface area contributed by atoms with Gasteiger partial charge >= 0.3 is 0 Å². The van der Waals surface area contributed by atoms with Crippen LogP contribution in [0.5, 0.6) is 11.5 Å². The summed E-state index contributed by atoms with van der Waals surface area (Å²) in [6, 6.07) is 14.4. The SMILES string of the molecule is CCc1nc2ccc(Br)cc2c(=O)n1N=Cc1cc(OC)c(OCC(=O)Nc2ccccc2C)c(Cl)c1Br. The third kappa shape index (κ3) is 5.92. The van der Waals surface area contributed by atoms with Gasteiger partial charge in [0.25, 0.3) is 11.5 Å². The van der Waals surface area contributed by atoms with Crippen LogP contribution in [0, 0.1) is 6.92 Å². The smallest absolute Gasteiger partial charge is 0.282 e. The van der Waals surface area contributed by atoms with Crippen LogP contribution in [0.25, 0.3) is 10.9 Å². The number of nitrogens with zero attached hydrogens (tertiary/aromatic N) is 3. The molecule has 8 nitrogen and oxygen atoms in total. The predicted octanol–water partition coefficient (Wildman–Crippen LogP) is 6.35. The first kappa shape index (κ1) is 27.8. The molecular weight excluding hydrogens is 640 g/mol. The average molecular weight is 663 g/mol. The van der Waals surface area contributed by atoms with Gasteiger partial charge in [-0.2, -0.15) is 9.78 Å². The molecule has 0 aliphatic carbocycles. The third-order valence-corrected chi connectivity index (χ3v) is 7.58. The lowest BCUT2D eigenvalue weighted by Gasteiger charge is -2.15. The van der Waals surface area contributed by atoms with Gasteiger partial charge in [0.05, 0.1) is 24.2 Å². The van der Waals surface area contributed by atoms with Crippen LogP contribution in [0.1, 0.15) is 23.9 Å². The van der Waals surface area contributed by atoms with E-state index in [1.54, 1.807) is 18.2 Å². The number of rotatable bonds is 8. The fourth-order valence-electron chi connectivity index (χ4n) is 3.68. The molecule has 1 N–H and O–H groups in total. The predicted molar refractivity (Wildman–Crippen MR) is 157 cm³/mol. The molecule has 1 aromatic heterocycles. The van der Waals surface area contributed by atoms with Gasteiger partial charge in [-0.05, 0) is 58.7 Å². The van der Waals surface area contributed by atoms with Crippen molar-refractivity contribution in [1.82, 2.24) is 9.66 Å². The zero-order chi connectivity index (χ0) is 27.4. The van der Waals surface area contributed by atoms with E-state index in [0.29, 0.717) is 44.6 Å². The number of aryl methyl sites for hydroxylation is 2. The Balaban J connectivity index is 1.62. The molecule has 0 spiro atoms. The Morgan fingerprint density at radius 3 is 2.68 bits per heavy atom. The summed E-state index contributed by atoms with van der Waals surface area (Å²) in [6.45, 7) is 3.52. The van der Waals surface area contributed by atoms with Gasteiger partial charge in [-0.3, -0.25) is 9.59 Å². The molecule has 0 aliphatic rings. The second-order valence-electron chi connectivity index (χ2n) is 8.18. The van der Waals surface area contributed by atoms with Crippen molar-refractivity contribution >= 4 is 72.2 Å². The first-order valence-electron chi connectivity index (χ1n) is 11.5. The maximum atomic E-state index is 13.2. The van der Waals surface area contributed by atoms with Crippen LogP contribution in [-0.2, 0) is 11.2 Å². The second-order valence-corrected chi connectivity index (χ2v) is 10.3. The standard InChI is InChI=1S/C27H23Br2ClN4O4/c1-4-22-32-20-10-9-17(28)12-18(20)27(36)34(22)31-13-16-11-21(37-3)26(25(30)24(16)29)38-14-23(35)33-19-8-6-5-7-15(19)2/h5-13H,4,14H2,1-3H3,(H,33,35). The van der Waals surface area contributed by atoms with Gasteiger partial charge in [0.2, 0.25) is 0 Å². The largest absolute Gasteiger partial charge is 0.493 e. The number of halogens is 3. The van der Waals surface area contributed by atoms with E-state index in [-0.39, 0.29) is 28.8 Å². The zero-order valence-corrected chi connectivity index (χ0v) is 24.6. The molecule has 11 heteroatoms. The average Bonchev–Trinajstić information content (AvgIpc) is 2.91. The van der Waals surface area contributed by atoms with Crippen LogP contribution in [-0.4, -0.2) is 35.5 Å². The Kier molecular flexibility index (Phi) is 8.86. The monoisotopic (exact) mass is 660 g/mol. The summed E-state index contributed by atoms with van der Waals surface area (Å²) in [6.07, 6.45) is 1.99. The maximum absolute atomic E-state index is 13.2. The molecule has 0 saturated heterocycles. The van der Waals surface area contributed by atoms with E-state index in [1.165, 1.54) is 18.0 Å². The Hall–Kier alpha value is -3.21. The number of hydrogen-bond acceptors (Lipinski definition) is 6. The normalized spacial score (nSPS) is 11.2. The zero-order valence-electron chi connectivity index (χ0n) is 20.7. The molecular formula is C27H23Br2ClN4O4. The van der Waals surface area contributed by atoms with Crippen LogP contribution < -0.4 is 20.3 Å². The minimum atomic E-state index is -0.346. The van der Waals surface area contributed by atoms with Crippen molar-refractivity contribution in [3.63, 3.8) is 0 Å². The molecule has 0 saturated carbocycles. The topological polar surface area (TPSA) is 94.8 Å². The first-order valence-corrected chi connectivity index (χ1v) is 13.5. The molecule has 3 aromatic carbocycles. The van der Waals surface area contributed by atoms with Gasteiger partial charge in [-0.25, -0.2) is 4.98 Å². The number of ether oxygens (including phenoxy) is 2. The highest BCUT2D eigenvalue weighted by atomic mass is 79.9. The maximum Gasteiger partial charge on any atom is 0.282 e. The molecule has 196 valence electrons. The Bertz CT molecular complexity index is 1620. The van der Waals surface area contributed by atoms with Gasteiger partial charge in [0, 0.05) is 26.6 Å². The van der Waals surface area contributed by atoms with Crippen LogP contribution in [0.3, 0.4) is 0 Å². The summed E-state index contributed by atoms with van der Waals surface area (Å²) in [5.41, 5.74) is 2.47. The van der Waals surface area contributed by atoms with E-state index >= 15 is 0 Å². The molecule has 4 rings (SSSR count). The number of hydrogen-bond donors (Lipinski definition) is 1. The third-order valence-electron chi connectivity index (χ3n) is 5.65. The summed E-state index contributed by atoms with van der Waals surface area (Å²) in [5.74, 6) is 0.657. The minimum absolute atomic E-state index is 0.193. The summed E-state index contributed by atoms with van der Waals surface area (Å²) < 4.78 is 13.7. The second kappa shape index (κ2) is 12.1. The highest BCUT2D eigenvalue weighted by molar-refractivity contribution is 9.10. The molecule has 38 heavy (non-hydrogen) atoms. The highest BCUT2D eigenvalue weighted by Crippen LogP contribution is 2.42. The van der Waals surface area contributed by atoms with Crippen molar-refractivity contribution in [2.24, 2.45) is 5.10 Å². The lowest BCUT2D eigenvalue weighted by Crippen LogP contribution is -2.22. The number of aromatic nitrogens is 2. The number of methoxy groups -OCH3 is 1. The summed E-state index contributed by atoms with van der Waals surface area (Å²) in [5, 5.41) is 7.86. The fraction of sp³-hybridized carbons (Fsp3) is 0.185. The lowest BCUT2D eigenvalue weighted by molar-refractivity contribution is -0.118. The molecule has 1 heterocycles. The van der Waals surface area contributed by atoms with Crippen LogP contribution >= 0.6 is 43.5 Å². The van der Waals surface area contributed by atoms with E-state index in [2.05, 4.69) is 47.3 Å². The molecule has 0 atom stereocenters. The molecule has 1 amide bonds. The molecule has 0 unspecified atom stereocenters. The summed E-state index contributed by atoms with van der Waals surface area (Å²) in [4.78, 5) is 30.2. The summed E-state index contributed by atoms with van der Waals surface area (Å²) >= 11 is 13.5. The Morgan fingerprint density at radius 2 is 1.97 bits per heavy atom. The molecule has 0 radical (unpaired) electrons. The molecule has 0 aliphatic heterocycles. The lowest BCUT2D eigenvalue weighted by atomic mass is 10.2. The van der Waals surface area contributed by atoms with E-state index in [0.717, 1.165) is 10.0 Å². The number of amides is 1. The van der Waals surface area contributed by atoms with Gasteiger partial charge in [0.15, 0.2) is 18.1 Å². The number of anilines is 1. The highest BCUT2D eigenvalue weighted by Gasteiger charge is 2.19. The molecule has 0 bridgehead atoms. The quantitative estimate of drug-likeness (QED) is 0.222. The first-order chi connectivity index (χ1) is 18.2. The number of benzene rings is 3. The number of nitrogens with one attached hydrogen (secondary N) is 1. The van der Waals surface area contributed by atoms with E-state index in [9.17, 15) is 9.59 Å². The van der Waals surface area contributed by atoms with Crippen molar-refractivity contribution in [3.05, 3.63) is 89.8 Å². The number of para-hydroxylation sites is 1. The molecule has 0 fully saturated rings. The van der Waals surface area contributed by atoms with Crippen molar-refractivity contribution in [2.75, 3.05) is 19.0 Å². The minimum Gasteiger partial charge on any atom is -0.493 e. The van der Waals surface area contributed by atoms with Crippen LogP contribution in [0.4, 0.5) is 5.69 Å². The van der Waals surface area contributed by atoms with Gasteiger partial charge in [-0.1, -0.05) is 52.7 Å². The number of carbonyl (C=O) groups is 1. The number of fused-ring (bicyclic) bond motifs is 1. The van der Waals surface area contributed by atoms with Crippen LogP contribution in [0.15, 0.2) is 67.4 Å². The number of carbonyl (C=O) groups excluding carboxylic acids is 1. The van der Waals surface area contributed by atoms with E-state index < -0.39 is 0 Å². The van der Waals surface area contributed by atoms with Crippen molar-refractivity contribution < 1.29 is 14.3 Å². The van der Waals surface area contributed by atoms with Gasteiger partial charge in [-0.15, -0.1) is 0 Å². The van der Waals surface area contributed by atoms with Gasteiger partial charge < -0.3 is 14.8 Å². The Labute approximate surface area is 240 Å². The van der Waals surface area contributed by atoms with E-state index in [1.807, 2.05) is 44.2 Å². The fourth-order valence-corrected chi connectivity index (χ4v) is 4.70. The van der Waals surface area contributed by atoms with Crippen molar-refractivity contribution in [1.29, 1.82) is 0 Å². The van der Waals surface area contributed by atoms with Crippen LogP contribution in [0.2, 0.25) is 5.02 Å². The summed E-state index contributed by atoms with van der Waals surface area (Å²) in [7, 11) is 1.46. The molecule has 4 aromatic rings. The van der Waals surface area contributed by atoms with Crippen molar-refractivity contribution in [3.8, 4) is 11.5 Å².